The summed E-state index contributed by atoms with van der Waals surface area (Å²) in [5.41, 5.74) is 4.45. The van der Waals surface area contributed by atoms with Crippen LogP contribution in [0.4, 0.5) is 24.9 Å². The van der Waals surface area contributed by atoms with Gasteiger partial charge in [-0.05, 0) is 12.1 Å². The second kappa shape index (κ2) is 5.99. The first-order valence-corrected chi connectivity index (χ1v) is 8.05. The van der Waals surface area contributed by atoms with E-state index in [4.69, 9.17) is 5.73 Å². The fourth-order valence-corrected chi connectivity index (χ4v) is 2.35. The Kier molecular flexibility index (Phi) is 4.41. The van der Waals surface area contributed by atoms with Gasteiger partial charge in [-0.2, -0.15) is 18.2 Å². The van der Waals surface area contributed by atoms with Gasteiger partial charge in [-0.25, -0.2) is 13.4 Å². The van der Waals surface area contributed by atoms with E-state index in [0.29, 0.717) is 6.20 Å². The second-order valence-corrected chi connectivity index (χ2v) is 6.61. The highest BCUT2D eigenvalue weighted by Crippen LogP contribution is 2.33. The molecule has 23 heavy (non-hydrogen) atoms. The van der Waals surface area contributed by atoms with Crippen molar-refractivity contribution in [2.45, 2.75) is 17.6 Å². The van der Waals surface area contributed by atoms with E-state index >= 15 is 0 Å². The minimum Gasteiger partial charge on any atom is -0.368 e. The molecule has 2 aromatic heterocycles. The quantitative estimate of drug-likeness (QED) is 0.862. The molecule has 3 N–H and O–H groups in total. The Labute approximate surface area is 129 Å². The molecule has 2 aromatic rings. The third-order valence-corrected chi connectivity index (χ3v) is 3.88. The van der Waals surface area contributed by atoms with E-state index in [1.54, 1.807) is 0 Å². The molecule has 0 spiro atoms. The third-order valence-electron chi connectivity index (χ3n) is 2.77. The van der Waals surface area contributed by atoms with Gasteiger partial charge in [-0.15, -0.1) is 0 Å². The molecule has 0 unspecified atom stereocenters. The van der Waals surface area contributed by atoms with Crippen molar-refractivity contribution >= 4 is 21.6 Å². The summed E-state index contributed by atoms with van der Waals surface area (Å²) in [6, 6.07) is 2.56. The van der Waals surface area contributed by atoms with Gasteiger partial charge in [0, 0.05) is 18.6 Å². The number of nitrogen functional groups attached to an aromatic ring is 1. The summed E-state index contributed by atoms with van der Waals surface area (Å²) in [7, 11) is -3.44. The van der Waals surface area contributed by atoms with Gasteiger partial charge < -0.3 is 11.1 Å². The lowest BCUT2D eigenvalue weighted by Gasteiger charge is -2.13. The van der Waals surface area contributed by atoms with E-state index in [1.165, 1.54) is 18.3 Å². The number of hydrogen-bond acceptors (Lipinski definition) is 7. The molecule has 0 aliphatic rings. The Balaban J connectivity index is 2.27. The lowest BCUT2D eigenvalue weighted by molar-refractivity contribution is -0.137. The number of aromatic nitrogens is 3. The van der Waals surface area contributed by atoms with Crippen LogP contribution in [0.2, 0.25) is 0 Å². The number of rotatable bonds is 4. The maximum absolute atomic E-state index is 12.9. The van der Waals surface area contributed by atoms with Crippen molar-refractivity contribution in [2.75, 3.05) is 17.3 Å². The Bertz CT molecular complexity index is 824. The predicted octanol–water partition coefficient (Wildman–Crippen LogP) is 1.49. The molecule has 0 aromatic carbocycles. The van der Waals surface area contributed by atoms with E-state index in [0.717, 1.165) is 6.26 Å². The number of sulfone groups is 1. The van der Waals surface area contributed by atoms with Gasteiger partial charge in [0.15, 0.2) is 9.84 Å². The van der Waals surface area contributed by atoms with Crippen LogP contribution >= 0.6 is 0 Å². The van der Waals surface area contributed by atoms with Gasteiger partial charge in [-0.1, -0.05) is 0 Å². The summed E-state index contributed by atoms with van der Waals surface area (Å²) in [4.78, 5) is 10.8. The van der Waals surface area contributed by atoms with E-state index in [1.807, 2.05) is 0 Å². The first kappa shape index (κ1) is 16.9. The number of nitrogens with two attached hydrogens (primary N) is 1. The minimum atomic E-state index is -4.65. The molecule has 0 radical (unpaired) electrons. The number of nitrogens with one attached hydrogen (secondary N) is 1. The number of nitrogens with zero attached hydrogens (tertiary/aromatic N) is 3. The number of halogens is 3. The Morgan fingerprint density at radius 2 is 2.00 bits per heavy atom. The Morgan fingerprint density at radius 1 is 1.30 bits per heavy atom. The molecule has 0 fully saturated rings. The molecule has 0 saturated heterocycles. The van der Waals surface area contributed by atoms with Crippen LogP contribution in [0.3, 0.4) is 0 Å². The lowest BCUT2D eigenvalue weighted by atomic mass is 10.3. The number of hydrogen-bond donors (Lipinski definition) is 2. The van der Waals surface area contributed by atoms with Gasteiger partial charge in [0.2, 0.25) is 5.95 Å². The molecular weight excluding hydrogens is 335 g/mol. The molecule has 0 bridgehead atoms. The van der Waals surface area contributed by atoms with Crippen LogP contribution in [0.1, 0.15) is 11.3 Å². The van der Waals surface area contributed by atoms with Crippen molar-refractivity contribution in [3.8, 4) is 0 Å². The number of anilines is 2. The molecule has 0 aliphatic carbocycles. The van der Waals surface area contributed by atoms with Crippen LogP contribution in [0.25, 0.3) is 0 Å². The SMILES string of the molecule is CS(=O)(=O)c1ccnc(CNc2nc(N)ncc2C(F)(F)F)c1. The van der Waals surface area contributed by atoms with E-state index < -0.39 is 27.4 Å². The number of alkyl halides is 3. The zero-order valence-electron chi connectivity index (χ0n) is 11.8. The van der Waals surface area contributed by atoms with Crippen molar-refractivity contribution in [3.63, 3.8) is 0 Å². The monoisotopic (exact) mass is 347 g/mol. The summed E-state index contributed by atoms with van der Waals surface area (Å²) in [5, 5.41) is 2.45. The topological polar surface area (TPSA) is 111 Å². The highest BCUT2D eigenvalue weighted by Gasteiger charge is 2.35. The van der Waals surface area contributed by atoms with Crippen LogP contribution in [0, 0.1) is 0 Å². The van der Waals surface area contributed by atoms with Gasteiger partial charge in [0.1, 0.15) is 11.4 Å². The molecular formula is C12H12F3N5O2S. The fourth-order valence-electron chi connectivity index (χ4n) is 1.70. The summed E-state index contributed by atoms with van der Waals surface area (Å²) in [6.45, 7) is -0.164. The zero-order valence-corrected chi connectivity index (χ0v) is 12.6. The van der Waals surface area contributed by atoms with Gasteiger partial charge >= 0.3 is 6.18 Å². The Morgan fingerprint density at radius 3 is 2.61 bits per heavy atom. The van der Waals surface area contributed by atoms with Crippen molar-refractivity contribution in [1.82, 2.24) is 15.0 Å². The van der Waals surface area contributed by atoms with Gasteiger partial charge in [0.25, 0.3) is 0 Å². The normalized spacial score (nSPS) is 12.2. The first-order valence-electron chi connectivity index (χ1n) is 6.16. The zero-order chi connectivity index (χ0) is 17.3. The van der Waals surface area contributed by atoms with Crippen molar-refractivity contribution < 1.29 is 21.6 Å². The molecule has 0 atom stereocenters. The molecule has 0 aliphatic heterocycles. The van der Waals surface area contributed by atoms with Crippen LogP contribution in [0.5, 0.6) is 0 Å². The molecule has 124 valence electrons. The maximum Gasteiger partial charge on any atom is 0.421 e. The van der Waals surface area contributed by atoms with Crippen molar-refractivity contribution in [2.24, 2.45) is 0 Å². The molecule has 2 heterocycles. The predicted molar refractivity (Wildman–Crippen MR) is 76.1 cm³/mol. The maximum atomic E-state index is 12.9. The van der Waals surface area contributed by atoms with Crippen molar-refractivity contribution in [1.29, 1.82) is 0 Å². The van der Waals surface area contributed by atoms with Crippen molar-refractivity contribution in [3.05, 3.63) is 35.8 Å². The lowest BCUT2D eigenvalue weighted by Crippen LogP contribution is -2.15. The van der Waals surface area contributed by atoms with E-state index in [9.17, 15) is 21.6 Å². The standard InChI is InChI=1S/C12H12F3N5O2S/c1-23(21,22)8-2-3-17-7(4-8)5-18-10-9(12(13,14)15)6-19-11(16)20-10/h2-4,6H,5H2,1H3,(H3,16,18,19,20). The summed E-state index contributed by atoms with van der Waals surface area (Å²) in [5.74, 6) is -0.824. The van der Waals surface area contributed by atoms with Crippen LogP contribution in [-0.4, -0.2) is 29.6 Å². The largest absolute Gasteiger partial charge is 0.421 e. The first-order chi connectivity index (χ1) is 10.6. The van der Waals surface area contributed by atoms with Crippen LogP contribution in [-0.2, 0) is 22.6 Å². The summed E-state index contributed by atoms with van der Waals surface area (Å²) >= 11 is 0. The average Bonchev–Trinajstić information content (AvgIpc) is 2.43. The molecule has 0 saturated carbocycles. The van der Waals surface area contributed by atoms with Crippen LogP contribution in [0.15, 0.2) is 29.4 Å². The fraction of sp³-hybridized carbons (Fsp3) is 0.250. The van der Waals surface area contributed by atoms with Crippen LogP contribution < -0.4 is 11.1 Å². The average molecular weight is 347 g/mol. The van der Waals surface area contributed by atoms with E-state index in [-0.39, 0.29) is 23.1 Å². The highest BCUT2D eigenvalue weighted by molar-refractivity contribution is 7.90. The third kappa shape index (κ3) is 4.28. The summed E-state index contributed by atoms with van der Waals surface area (Å²) in [6.07, 6.45) is -1.80. The molecule has 0 amide bonds. The molecule has 7 nitrogen and oxygen atoms in total. The second-order valence-electron chi connectivity index (χ2n) is 4.60. The van der Waals surface area contributed by atoms with E-state index in [2.05, 4.69) is 20.3 Å². The van der Waals surface area contributed by atoms with Gasteiger partial charge in [0.05, 0.1) is 17.1 Å². The molecule has 2 rings (SSSR count). The van der Waals surface area contributed by atoms with Gasteiger partial charge in [-0.3, -0.25) is 4.98 Å². The smallest absolute Gasteiger partial charge is 0.368 e. The summed E-state index contributed by atoms with van der Waals surface area (Å²) < 4.78 is 61.5. The highest BCUT2D eigenvalue weighted by atomic mass is 32.2. The minimum absolute atomic E-state index is 0.0162. The molecule has 11 heteroatoms. The Hall–Kier alpha value is -2.43. The number of pyridine rings is 1.